The molecule has 3 amide bonds. The number of imide groups is 1. The van der Waals surface area contributed by atoms with Crippen molar-refractivity contribution in [2.75, 3.05) is 13.1 Å². The molecule has 1 aromatic rings. The lowest BCUT2D eigenvalue weighted by molar-refractivity contribution is -0.125. The van der Waals surface area contributed by atoms with Crippen LogP contribution >= 0.6 is 0 Å². The molecular weight excluding hydrogens is 230 g/mol. The number of nitrogens with zero attached hydrogens (tertiary/aromatic N) is 1. The fourth-order valence-electron chi connectivity index (χ4n) is 1.51. The molecule has 0 saturated heterocycles. The molecule has 0 aliphatic heterocycles. The number of carbonyl (C=O) groups excluding carboxylic acids is 2. The van der Waals surface area contributed by atoms with Gasteiger partial charge in [-0.1, -0.05) is 29.8 Å². The van der Waals surface area contributed by atoms with E-state index in [1.165, 1.54) is 12.5 Å². The van der Waals surface area contributed by atoms with E-state index in [1.807, 2.05) is 31.2 Å². The van der Waals surface area contributed by atoms with Crippen molar-refractivity contribution >= 4 is 11.9 Å². The Hall–Kier alpha value is -1.88. The van der Waals surface area contributed by atoms with Gasteiger partial charge in [-0.15, -0.1) is 0 Å². The van der Waals surface area contributed by atoms with Gasteiger partial charge in [-0.2, -0.15) is 0 Å². The number of nitrogens with two attached hydrogens (primary N) is 1. The number of nitrogens with one attached hydrogen (secondary N) is 1. The average molecular weight is 249 g/mol. The fraction of sp³-hybridized carbons (Fsp3) is 0.385. The van der Waals surface area contributed by atoms with Gasteiger partial charge in [0.25, 0.3) is 0 Å². The third-order valence-electron chi connectivity index (χ3n) is 2.54. The maximum atomic E-state index is 11.8. The van der Waals surface area contributed by atoms with Crippen LogP contribution in [0.2, 0.25) is 0 Å². The Kier molecular flexibility index (Phi) is 5.32. The number of aryl methyl sites for hydroxylation is 1. The Morgan fingerprint density at radius 3 is 2.39 bits per heavy atom. The zero-order valence-electron chi connectivity index (χ0n) is 10.8. The van der Waals surface area contributed by atoms with E-state index < -0.39 is 6.03 Å². The van der Waals surface area contributed by atoms with Crippen LogP contribution in [-0.2, 0) is 11.3 Å². The van der Waals surface area contributed by atoms with Crippen LogP contribution in [0, 0.1) is 6.92 Å². The van der Waals surface area contributed by atoms with Crippen LogP contribution in [0.5, 0.6) is 0 Å². The van der Waals surface area contributed by atoms with Gasteiger partial charge < -0.3 is 11.1 Å². The van der Waals surface area contributed by atoms with E-state index in [4.69, 9.17) is 5.73 Å². The van der Waals surface area contributed by atoms with Crippen LogP contribution in [-0.4, -0.2) is 29.9 Å². The van der Waals surface area contributed by atoms with Crippen LogP contribution in [0.3, 0.4) is 0 Å². The first-order chi connectivity index (χ1) is 8.54. The molecule has 0 aliphatic rings. The summed E-state index contributed by atoms with van der Waals surface area (Å²) in [5, 5.41) is 2.70. The van der Waals surface area contributed by atoms with E-state index in [1.54, 1.807) is 0 Å². The number of rotatable bonds is 4. The van der Waals surface area contributed by atoms with Gasteiger partial charge in [0, 0.05) is 26.6 Å². The Labute approximate surface area is 107 Å². The lowest BCUT2D eigenvalue weighted by Gasteiger charge is -2.18. The molecule has 5 nitrogen and oxygen atoms in total. The first kappa shape index (κ1) is 14.2. The normalized spacial score (nSPS) is 9.94. The lowest BCUT2D eigenvalue weighted by Crippen LogP contribution is -2.44. The van der Waals surface area contributed by atoms with Crippen molar-refractivity contribution in [3.8, 4) is 0 Å². The second kappa shape index (κ2) is 6.76. The highest BCUT2D eigenvalue weighted by Crippen LogP contribution is 2.02. The Balaban J connectivity index is 2.53. The molecule has 0 heterocycles. The topological polar surface area (TPSA) is 75.4 Å². The predicted octanol–water partition coefficient (Wildman–Crippen LogP) is 1.01. The molecule has 0 bridgehead atoms. The summed E-state index contributed by atoms with van der Waals surface area (Å²) in [5.41, 5.74) is 7.51. The van der Waals surface area contributed by atoms with Crippen molar-refractivity contribution in [1.29, 1.82) is 0 Å². The first-order valence-corrected chi connectivity index (χ1v) is 5.86. The minimum absolute atomic E-state index is 0.231. The number of amides is 3. The van der Waals surface area contributed by atoms with Gasteiger partial charge in [-0.25, -0.2) is 4.79 Å². The van der Waals surface area contributed by atoms with Crippen LogP contribution in [0.15, 0.2) is 24.3 Å². The molecule has 0 aromatic heterocycles. The molecule has 1 rings (SSSR count). The van der Waals surface area contributed by atoms with Crippen LogP contribution in [0.4, 0.5) is 4.79 Å². The molecule has 1 aromatic carbocycles. The van der Waals surface area contributed by atoms with E-state index >= 15 is 0 Å². The largest absolute Gasteiger partial charge is 0.334 e. The fourth-order valence-corrected chi connectivity index (χ4v) is 1.51. The van der Waals surface area contributed by atoms with E-state index in [2.05, 4.69) is 5.32 Å². The van der Waals surface area contributed by atoms with E-state index in [0.717, 1.165) is 10.5 Å². The molecular formula is C13H19N3O2. The zero-order valence-corrected chi connectivity index (χ0v) is 10.8. The van der Waals surface area contributed by atoms with E-state index in [-0.39, 0.29) is 19.0 Å². The quantitative estimate of drug-likeness (QED) is 0.836. The van der Waals surface area contributed by atoms with Gasteiger partial charge in [0.2, 0.25) is 5.91 Å². The minimum Gasteiger partial charge on any atom is -0.334 e. The standard InChI is InChI=1S/C13H19N3O2/c1-10-3-5-12(6-4-10)9-15-13(18)16(8-7-14)11(2)17/h3-6H,7-9,14H2,1-2H3,(H,15,18). The molecule has 0 saturated carbocycles. The van der Waals surface area contributed by atoms with Crippen LogP contribution < -0.4 is 11.1 Å². The maximum absolute atomic E-state index is 11.8. The highest BCUT2D eigenvalue weighted by atomic mass is 16.2. The smallest absolute Gasteiger partial charge is 0.324 e. The predicted molar refractivity (Wildman–Crippen MR) is 69.9 cm³/mol. The Bertz CT molecular complexity index is 415. The Morgan fingerprint density at radius 2 is 1.89 bits per heavy atom. The molecule has 0 spiro atoms. The third kappa shape index (κ3) is 4.18. The molecule has 0 aliphatic carbocycles. The van der Waals surface area contributed by atoms with Gasteiger partial charge in [-0.05, 0) is 12.5 Å². The highest BCUT2D eigenvalue weighted by Gasteiger charge is 2.16. The molecule has 0 radical (unpaired) electrons. The molecule has 0 atom stereocenters. The second-order valence-electron chi connectivity index (χ2n) is 4.10. The summed E-state index contributed by atoms with van der Waals surface area (Å²) in [5.74, 6) is -0.304. The number of carbonyl (C=O) groups is 2. The van der Waals surface area contributed by atoms with Crippen molar-refractivity contribution in [1.82, 2.24) is 10.2 Å². The van der Waals surface area contributed by atoms with Crippen molar-refractivity contribution in [3.05, 3.63) is 35.4 Å². The monoisotopic (exact) mass is 249 g/mol. The lowest BCUT2D eigenvalue weighted by atomic mass is 10.1. The Morgan fingerprint density at radius 1 is 1.28 bits per heavy atom. The summed E-state index contributed by atoms with van der Waals surface area (Å²) in [6.07, 6.45) is 0. The molecule has 18 heavy (non-hydrogen) atoms. The van der Waals surface area contributed by atoms with Gasteiger partial charge in [-0.3, -0.25) is 9.69 Å². The van der Waals surface area contributed by atoms with E-state index in [9.17, 15) is 9.59 Å². The van der Waals surface area contributed by atoms with Gasteiger partial charge in [0.1, 0.15) is 0 Å². The van der Waals surface area contributed by atoms with E-state index in [0.29, 0.717) is 6.54 Å². The third-order valence-corrected chi connectivity index (χ3v) is 2.54. The van der Waals surface area contributed by atoms with Crippen molar-refractivity contribution < 1.29 is 9.59 Å². The summed E-state index contributed by atoms with van der Waals surface area (Å²) in [7, 11) is 0. The number of hydrogen-bond donors (Lipinski definition) is 2. The molecule has 5 heteroatoms. The van der Waals surface area contributed by atoms with Gasteiger partial charge in [0.05, 0.1) is 0 Å². The summed E-state index contributed by atoms with van der Waals surface area (Å²) in [6.45, 7) is 4.24. The van der Waals surface area contributed by atoms with Crippen LogP contribution in [0.25, 0.3) is 0 Å². The van der Waals surface area contributed by atoms with Crippen LogP contribution in [0.1, 0.15) is 18.1 Å². The molecule has 0 fully saturated rings. The number of hydrogen-bond acceptors (Lipinski definition) is 3. The van der Waals surface area contributed by atoms with Gasteiger partial charge in [0.15, 0.2) is 0 Å². The van der Waals surface area contributed by atoms with Crippen molar-refractivity contribution in [3.63, 3.8) is 0 Å². The molecule has 0 unspecified atom stereocenters. The summed E-state index contributed by atoms with van der Waals surface area (Å²) in [4.78, 5) is 24.1. The molecule has 98 valence electrons. The number of benzene rings is 1. The first-order valence-electron chi connectivity index (χ1n) is 5.86. The summed E-state index contributed by atoms with van der Waals surface area (Å²) in [6, 6.07) is 7.43. The maximum Gasteiger partial charge on any atom is 0.324 e. The zero-order chi connectivity index (χ0) is 13.5. The summed E-state index contributed by atoms with van der Waals surface area (Å²) < 4.78 is 0. The van der Waals surface area contributed by atoms with Crippen molar-refractivity contribution in [2.45, 2.75) is 20.4 Å². The average Bonchev–Trinajstić information content (AvgIpc) is 2.34. The SMILES string of the molecule is CC(=O)N(CCN)C(=O)NCc1ccc(C)cc1. The van der Waals surface area contributed by atoms with Crippen molar-refractivity contribution in [2.24, 2.45) is 5.73 Å². The molecule has 3 N–H and O–H groups in total. The van der Waals surface area contributed by atoms with Gasteiger partial charge >= 0.3 is 6.03 Å². The number of urea groups is 1. The highest BCUT2D eigenvalue weighted by molar-refractivity contribution is 5.93. The second-order valence-corrected chi connectivity index (χ2v) is 4.10. The summed E-state index contributed by atoms with van der Waals surface area (Å²) >= 11 is 0. The minimum atomic E-state index is -0.409.